The number of hydrogen-bond acceptors (Lipinski definition) is 12. The maximum Gasteiger partial charge on any atom is 0.305 e. The largest absolute Gasteiger partial charge is 0.481 e. The van der Waals surface area contributed by atoms with Crippen LogP contribution in [-0.4, -0.2) is 156 Å². The number of nitrogens with one attached hydrogen (secondary N) is 6. The molecule has 1 saturated heterocycles. The minimum atomic E-state index is -1.83. The Hall–Kier alpha value is -8.32. The first-order valence-electron chi connectivity index (χ1n) is 21.1. The number of carboxylic acids is 2. The highest BCUT2D eigenvalue weighted by Gasteiger charge is 2.36. The second-order valence-electron chi connectivity index (χ2n) is 15.5. The molecule has 0 saturated carbocycles. The SMILES string of the molecule is CN1CC(=O)N[C@@H](CC(=O)O)C(=O)NC(c2ccccc2)C(=O)N[C@@H](CCCN=C(N)N)C(=O)N(C)CC(=O)N[C@@H](CC(=O)O)C(=O)NC(c2ccccc2)C(=O)N[C@@H](CCCN=C(N)N)C1=O. The molecule has 2 aromatic rings. The lowest BCUT2D eigenvalue weighted by molar-refractivity contribution is -0.143. The summed E-state index contributed by atoms with van der Waals surface area (Å²) in [4.78, 5) is 145. The average Bonchev–Trinajstić information content (AvgIpc) is 3.27. The van der Waals surface area contributed by atoms with Crippen LogP contribution in [0, 0.1) is 0 Å². The van der Waals surface area contributed by atoms with Crippen LogP contribution in [0.15, 0.2) is 70.6 Å². The smallest absolute Gasteiger partial charge is 0.305 e. The van der Waals surface area contributed by atoms with Gasteiger partial charge in [0.1, 0.15) is 36.3 Å². The molecule has 368 valence electrons. The fraction of sp³-hybridized carbons (Fsp3) is 0.429. The van der Waals surface area contributed by atoms with Crippen LogP contribution in [0.1, 0.15) is 61.7 Å². The van der Waals surface area contributed by atoms with Crippen LogP contribution in [0.2, 0.25) is 0 Å². The second-order valence-corrected chi connectivity index (χ2v) is 15.5. The van der Waals surface area contributed by atoms with E-state index in [1.807, 2.05) is 0 Å². The quantitative estimate of drug-likeness (QED) is 0.0484. The van der Waals surface area contributed by atoms with Gasteiger partial charge in [-0.1, -0.05) is 60.7 Å². The first kappa shape index (κ1) is 54.0. The molecular formula is C42H58N14O12. The Morgan fingerprint density at radius 3 is 1.18 bits per heavy atom. The number of likely N-dealkylation sites (N-methyl/N-ethyl adjacent to an activating group) is 2. The molecule has 6 atom stereocenters. The van der Waals surface area contributed by atoms with Gasteiger partial charge in [-0.25, -0.2) is 0 Å². The molecule has 0 radical (unpaired) electrons. The van der Waals surface area contributed by atoms with Gasteiger partial charge in [-0.3, -0.25) is 57.9 Å². The summed E-state index contributed by atoms with van der Waals surface area (Å²) in [6.45, 7) is -1.59. The highest BCUT2D eigenvalue weighted by atomic mass is 16.4. The van der Waals surface area contributed by atoms with Gasteiger partial charge < -0.3 is 74.8 Å². The van der Waals surface area contributed by atoms with E-state index in [2.05, 4.69) is 41.9 Å². The summed E-state index contributed by atoms with van der Waals surface area (Å²) < 4.78 is 0. The minimum Gasteiger partial charge on any atom is -0.481 e. The number of amides is 8. The molecule has 0 spiro atoms. The third kappa shape index (κ3) is 17.9. The summed E-state index contributed by atoms with van der Waals surface area (Å²) in [5.41, 5.74) is 22.1. The molecule has 16 N–H and O–H groups in total. The number of guanidine groups is 2. The van der Waals surface area contributed by atoms with Crippen LogP contribution in [0.3, 0.4) is 0 Å². The lowest BCUT2D eigenvalue weighted by atomic mass is 10.0. The van der Waals surface area contributed by atoms with Gasteiger partial charge in [0.25, 0.3) is 0 Å². The molecule has 8 amide bonds. The van der Waals surface area contributed by atoms with Crippen LogP contribution < -0.4 is 54.8 Å². The topological polar surface area (TPSA) is 419 Å². The van der Waals surface area contributed by atoms with Crippen LogP contribution in [0.25, 0.3) is 0 Å². The van der Waals surface area contributed by atoms with E-state index in [0.29, 0.717) is 0 Å². The Balaban J connectivity index is 2.16. The van der Waals surface area contributed by atoms with Gasteiger partial charge in [-0.15, -0.1) is 0 Å². The number of rotatable bonds is 14. The predicted molar refractivity (Wildman–Crippen MR) is 242 cm³/mol. The Morgan fingerprint density at radius 1 is 0.529 bits per heavy atom. The molecular weight excluding hydrogens is 893 g/mol. The molecule has 26 heteroatoms. The summed E-state index contributed by atoms with van der Waals surface area (Å²) in [6.07, 6.45) is -2.07. The van der Waals surface area contributed by atoms with Crippen LogP contribution in [0.5, 0.6) is 0 Å². The van der Waals surface area contributed by atoms with Crippen molar-refractivity contribution in [3.8, 4) is 0 Å². The normalized spacial score (nSPS) is 21.9. The molecule has 3 rings (SSSR count). The van der Waals surface area contributed by atoms with E-state index in [1.54, 1.807) is 12.1 Å². The molecule has 68 heavy (non-hydrogen) atoms. The first-order chi connectivity index (χ1) is 32.2. The summed E-state index contributed by atoms with van der Waals surface area (Å²) >= 11 is 0. The number of hydrogen-bond donors (Lipinski definition) is 12. The number of carbonyl (C=O) groups excluding carboxylic acids is 8. The molecule has 1 heterocycles. The molecule has 2 unspecified atom stereocenters. The number of nitrogens with zero attached hydrogens (tertiary/aromatic N) is 4. The van der Waals surface area contributed by atoms with E-state index in [1.165, 1.54) is 62.6 Å². The van der Waals surface area contributed by atoms with Crippen LogP contribution >= 0.6 is 0 Å². The van der Waals surface area contributed by atoms with E-state index in [-0.39, 0.29) is 61.8 Å². The summed E-state index contributed by atoms with van der Waals surface area (Å²) in [5, 5.41) is 34.1. The zero-order chi connectivity index (χ0) is 50.5. The van der Waals surface area contributed by atoms with E-state index in [9.17, 15) is 58.2 Å². The maximum atomic E-state index is 14.2. The molecule has 0 bridgehead atoms. The molecule has 2 aromatic carbocycles. The fourth-order valence-corrected chi connectivity index (χ4v) is 6.78. The van der Waals surface area contributed by atoms with Gasteiger partial charge in [0, 0.05) is 27.2 Å². The van der Waals surface area contributed by atoms with Crippen molar-refractivity contribution in [1.82, 2.24) is 41.7 Å². The van der Waals surface area contributed by atoms with E-state index in [0.717, 1.165) is 9.80 Å². The van der Waals surface area contributed by atoms with Gasteiger partial charge in [0.2, 0.25) is 47.3 Å². The second kappa shape index (κ2) is 26.6. The van der Waals surface area contributed by atoms with Crippen molar-refractivity contribution in [2.45, 2.75) is 74.8 Å². The van der Waals surface area contributed by atoms with Gasteiger partial charge in [0.05, 0.1) is 25.9 Å². The molecule has 1 aliphatic rings. The molecule has 0 aliphatic carbocycles. The summed E-state index contributed by atoms with van der Waals surface area (Å²) in [5.74, 6) is -11.6. The number of carbonyl (C=O) groups is 10. The molecule has 1 fully saturated rings. The van der Waals surface area contributed by atoms with Crippen LogP contribution in [0.4, 0.5) is 0 Å². The average molecular weight is 951 g/mol. The number of carboxylic acid groups (broad SMARTS) is 2. The van der Waals surface area contributed by atoms with Gasteiger partial charge in [-0.05, 0) is 36.8 Å². The number of nitrogens with two attached hydrogens (primary N) is 4. The predicted octanol–water partition coefficient (Wildman–Crippen LogP) is -4.37. The lowest BCUT2D eigenvalue weighted by Gasteiger charge is -2.29. The zero-order valence-corrected chi connectivity index (χ0v) is 37.4. The summed E-state index contributed by atoms with van der Waals surface area (Å²) in [6, 6.07) is 5.38. The van der Waals surface area contributed by atoms with Crippen molar-refractivity contribution in [3.05, 3.63) is 71.8 Å². The van der Waals surface area contributed by atoms with Crippen molar-refractivity contribution in [2.24, 2.45) is 32.9 Å². The Labute approximate surface area is 390 Å². The highest BCUT2D eigenvalue weighted by molar-refractivity contribution is 5.99. The van der Waals surface area contributed by atoms with E-state index in [4.69, 9.17) is 22.9 Å². The molecule has 0 aromatic heterocycles. The van der Waals surface area contributed by atoms with Crippen molar-refractivity contribution >= 4 is 71.1 Å². The maximum absolute atomic E-state index is 14.2. The van der Waals surface area contributed by atoms with Crippen molar-refractivity contribution < 1.29 is 58.2 Å². The summed E-state index contributed by atoms with van der Waals surface area (Å²) in [7, 11) is 2.37. The Bertz CT molecular complexity index is 2050. The molecule has 1 aliphatic heterocycles. The third-order valence-corrected chi connectivity index (χ3v) is 10.1. The van der Waals surface area contributed by atoms with Crippen molar-refractivity contribution in [2.75, 3.05) is 40.3 Å². The fourth-order valence-electron chi connectivity index (χ4n) is 6.78. The van der Waals surface area contributed by atoms with Gasteiger partial charge >= 0.3 is 11.9 Å². The van der Waals surface area contributed by atoms with Gasteiger partial charge in [-0.2, -0.15) is 0 Å². The number of benzene rings is 2. The minimum absolute atomic E-state index is 0.00353. The van der Waals surface area contributed by atoms with Crippen molar-refractivity contribution in [3.63, 3.8) is 0 Å². The monoisotopic (exact) mass is 950 g/mol. The standard InChI is InChI=1S/C42H58N14O12/c1-55-21-29(57)49-27(19-31(59)60)35(63)54-34(24-13-7-4-8-14-24)38(66)52-26(16-10-18-48-42(45)46)40(68)56(2)22-30(58)50-28(20-32(61)62)36(64)53-33(23-11-5-3-6-12-23)37(65)51-25(39(55)67)15-9-17-47-41(43)44/h3-8,11-14,25-28,33-34H,9-10,15-22H2,1-2H3,(H,49,57)(H,50,58)(H,51,65)(H,52,66)(H,53,64)(H,54,63)(H,59,60)(H,61,62)(H4,43,44,47)(H4,45,46,48)/t25-,26-,27-,28-,33?,34?/m0/s1. The van der Waals surface area contributed by atoms with Crippen molar-refractivity contribution in [1.29, 1.82) is 0 Å². The lowest BCUT2D eigenvalue weighted by Crippen LogP contribution is -2.57. The third-order valence-electron chi connectivity index (χ3n) is 10.1. The number of aliphatic imine (C=N–C) groups is 2. The highest BCUT2D eigenvalue weighted by Crippen LogP contribution is 2.18. The van der Waals surface area contributed by atoms with Gasteiger partial charge in [0.15, 0.2) is 11.9 Å². The van der Waals surface area contributed by atoms with E-state index < -0.39 is 121 Å². The van der Waals surface area contributed by atoms with E-state index >= 15 is 0 Å². The first-order valence-corrected chi connectivity index (χ1v) is 21.1. The molecule has 26 nitrogen and oxygen atoms in total. The Morgan fingerprint density at radius 2 is 0.868 bits per heavy atom. The van der Waals surface area contributed by atoms with Crippen LogP contribution in [-0.2, 0) is 47.9 Å². The zero-order valence-electron chi connectivity index (χ0n) is 37.4. The number of aliphatic carboxylic acids is 2. The Kier molecular flexibility index (Phi) is 21.1.